The van der Waals surface area contributed by atoms with Gasteiger partial charge in [-0.3, -0.25) is 14.8 Å². The standard InChI is InChI=1S/C13H17N3O/c1-3-11-16(12-7-5-4-6-8-12)15(2)13(17)9-10-14/h4-8H,3,9,11H2,1-2H3. The van der Waals surface area contributed by atoms with Crippen LogP contribution in [0.4, 0.5) is 5.69 Å². The van der Waals surface area contributed by atoms with Crippen LogP contribution in [0.5, 0.6) is 0 Å². The molecule has 0 saturated heterocycles. The van der Waals surface area contributed by atoms with Crippen LogP contribution in [0.25, 0.3) is 0 Å². The number of nitrogens with zero attached hydrogens (tertiary/aromatic N) is 3. The summed E-state index contributed by atoms with van der Waals surface area (Å²) in [5, 5.41) is 12.0. The number of amides is 1. The molecule has 0 saturated carbocycles. The van der Waals surface area contributed by atoms with E-state index in [1.54, 1.807) is 7.05 Å². The molecule has 1 aromatic carbocycles. The fourth-order valence-corrected chi connectivity index (χ4v) is 1.58. The smallest absolute Gasteiger partial charge is 0.255 e. The maximum atomic E-state index is 11.7. The van der Waals surface area contributed by atoms with Crippen LogP contribution in [0, 0.1) is 11.3 Å². The van der Waals surface area contributed by atoms with Crippen molar-refractivity contribution in [1.82, 2.24) is 5.01 Å². The van der Waals surface area contributed by atoms with Crippen molar-refractivity contribution in [3.05, 3.63) is 30.3 Å². The summed E-state index contributed by atoms with van der Waals surface area (Å²) in [6.07, 6.45) is 0.836. The lowest BCUT2D eigenvalue weighted by Gasteiger charge is -2.33. The van der Waals surface area contributed by atoms with Gasteiger partial charge >= 0.3 is 0 Å². The van der Waals surface area contributed by atoms with Crippen molar-refractivity contribution < 1.29 is 4.79 Å². The minimum atomic E-state index is -0.190. The Hall–Kier alpha value is -2.02. The number of hydrazine groups is 1. The number of rotatable bonds is 5. The molecular weight excluding hydrogens is 214 g/mol. The zero-order valence-electron chi connectivity index (χ0n) is 10.3. The Morgan fingerprint density at radius 1 is 1.35 bits per heavy atom. The van der Waals surface area contributed by atoms with Crippen molar-refractivity contribution in [2.24, 2.45) is 0 Å². The molecule has 0 heterocycles. The third-order valence-electron chi connectivity index (χ3n) is 2.44. The quantitative estimate of drug-likeness (QED) is 0.730. The fourth-order valence-electron chi connectivity index (χ4n) is 1.58. The fraction of sp³-hybridized carbons (Fsp3) is 0.385. The van der Waals surface area contributed by atoms with E-state index in [0.717, 1.165) is 18.7 Å². The molecular formula is C13H17N3O. The van der Waals surface area contributed by atoms with Gasteiger partial charge in [-0.2, -0.15) is 5.26 Å². The van der Waals surface area contributed by atoms with Crippen molar-refractivity contribution in [3.63, 3.8) is 0 Å². The van der Waals surface area contributed by atoms with Crippen LogP contribution in [0.2, 0.25) is 0 Å². The molecule has 1 amide bonds. The van der Waals surface area contributed by atoms with Gasteiger partial charge in [0.05, 0.1) is 11.8 Å². The molecule has 0 aromatic heterocycles. The highest BCUT2D eigenvalue weighted by molar-refractivity contribution is 5.79. The highest BCUT2D eigenvalue weighted by Crippen LogP contribution is 2.15. The molecule has 0 radical (unpaired) electrons. The molecule has 90 valence electrons. The molecule has 0 N–H and O–H groups in total. The molecule has 0 aliphatic rings. The number of para-hydroxylation sites is 1. The summed E-state index contributed by atoms with van der Waals surface area (Å²) in [4.78, 5) is 11.7. The van der Waals surface area contributed by atoms with E-state index in [0.29, 0.717) is 0 Å². The summed E-state index contributed by atoms with van der Waals surface area (Å²) in [6.45, 7) is 2.80. The molecule has 0 bridgehead atoms. The summed E-state index contributed by atoms with van der Waals surface area (Å²) in [5.41, 5.74) is 0.961. The lowest BCUT2D eigenvalue weighted by Crippen LogP contribution is -2.44. The average molecular weight is 231 g/mol. The second-order valence-electron chi connectivity index (χ2n) is 3.71. The molecule has 4 heteroatoms. The first kappa shape index (κ1) is 13.0. The minimum Gasteiger partial charge on any atom is -0.283 e. The monoisotopic (exact) mass is 231 g/mol. The van der Waals surface area contributed by atoms with Crippen LogP contribution < -0.4 is 5.01 Å². The van der Waals surface area contributed by atoms with Gasteiger partial charge in [0, 0.05) is 13.6 Å². The van der Waals surface area contributed by atoms with Gasteiger partial charge in [-0.1, -0.05) is 25.1 Å². The van der Waals surface area contributed by atoms with E-state index < -0.39 is 0 Å². The number of anilines is 1. The van der Waals surface area contributed by atoms with Gasteiger partial charge in [-0.25, -0.2) is 0 Å². The second-order valence-corrected chi connectivity index (χ2v) is 3.71. The Kier molecular flexibility index (Phi) is 5.02. The number of carbonyl (C=O) groups excluding carboxylic acids is 1. The van der Waals surface area contributed by atoms with E-state index >= 15 is 0 Å². The van der Waals surface area contributed by atoms with Crippen LogP contribution >= 0.6 is 0 Å². The Bertz CT molecular complexity index is 397. The van der Waals surface area contributed by atoms with Crippen LogP contribution in [0.1, 0.15) is 19.8 Å². The number of carbonyl (C=O) groups is 1. The zero-order chi connectivity index (χ0) is 12.7. The topological polar surface area (TPSA) is 47.3 Å². The predicted molar refractivity (Wildman–Crippen MR) is 67.1 cm³/mol. The van der Waals surface area contributed by atoms with Gasteiger partial charge in [0.1, 0.15) is 6.42 Å². The first-order valence-corrected chi connectivity index (χ1v) is 5.66. The zero-order valence-corrected chi connectivity index (χ0v) is 10.3. The molecule has 0 aliphatic heterocycles. The van der Waals surface area contributed by atoms with Crippen molar-refractivity contribution in [2.45, 2.75) is 19.8 Å². The molecule has 4 nitrogen and oxygen atoms in total. The molecule has 1 aromatic rings. The van der Waals surface area contributed by atoms with E-state index in [1.807, 2.05) is 41.4 Å². The summed E-state index contributed by atoms with van der Waals surface area (Å²) < 4.78 is 0. The van der Waals surface area contributed by atoms with E-state index in [4.69, 9.17) is 5.26 Å². The maximum Gasteiger partial charge on any atom is 0.255 e. The van der Waals surface area contributed by atoms with E-state index in [2.05, 4.69) is 6.92 Å². The summed E-state index contributed by atoms with van der Waals surface area (Å²) in [6, 6.07) is 11.6. The van der Waals surface area contributed by atoms with E-state index in [1.165, 1.54) is 5.01 Å². The molecule has 1 rings (SSSR count). The maximum absolute atomic E-state index is 11.7. The Labute approximate surface area is 102 Å². The number of hydrogen-bond donors (Lipinski definition) is 0. The molecule has 0 fully saturated rings. The summed E-state index contributed by atoms with van der Waals surface area (Å²) in [7, 11) is 1.70. The number of benzene rings is 1. The molecule has 0 atom stereocenters. The summed E-state index contributed by atoms with van der Waals surface area (Å²) >= 11 is 0. The Morgan fingerprint density at radius 3 is 2.53 bits per heavy atom. The van der Waals surface area contributed by atoms with Gasteiger partial charge < -0.3 is 0 Å². The normalized spacial score (nSPS) is 9.47. The van der Waals surface area contributed by atoms with Crippen LogP contribution in [-0.2, 0) is 4.79 Å². The van der Waals surface area contributed by atoms with Gasteiger partial charge in [0.2, 0.25) is 0 Å². The van der Waals surface area contributed by atoms with E-state index in [9.17, 15) is 4.79 Å². The summed E-state index contributed by atoms with van der Waals surface area (Å²) in [5.74, 6) is -0.190. The first-order valence-electron chi connectivity index (χ1n) is 5.66. The van der Waals surface area contributed by atoms with Gasteiger partial charge in [0.25, 0.3) is 5.91 Å². The van der Waals surface area contributed by atoms with Gasteiger partial charge in [-0.05, 0) is 18.6 Å². The predicted octanol–water partition coefficient (Wildman–Crippen LogP) is 2.19. The SMILES string of the molecule is CCCN(c1ccccc1)N(C)C(=O)CC#N. The Morgan fingerprint density at radius 2 is 2.00 bits per heavy atom. The number of nitriles is 1. The van der Waals surface area contributed by atoms with Crippen molar-refractivity contribution in [3.8, 4) is 6.07 Å². The second kappa shape index (κ2) is 6.54. The van der Waals surface area contributed by atoms with E-state index in [-0.39, 0.29) is 12.3 Å². The van der Waals surface area contributed by atoms with Crippen LogP contribution in [-0.4, -0.2) is 24.5 Å². The average Bonchev–Trinajstić information content (AvgIpc) is 2.36. The largest absolute Gasteiger partial charge is 0.283 e. The molecule has 0 unspecified atom stereocenters. The van der Waals surface area contributed by atoms with Crippen molar-refractivity contribution >= 4 is 11.6 Å². The first-order chi connectivity index (χ1) is 8.20. The van der Waals surface area contributed by atoms with Crippen molar-refractivity contribution in [1.29, 1.82) is 5.26 Å². The van der Waals surface area contributed by atoms with Crippen LogP contribution in [0.15, 0.2) is 30.3 Å². The molecule has 17 heavy (non-hydrogen) atoms. The minimum absolute atomic E-state index is 0.0937. The van der Waals surface area contributed by atoms with Gasteiger partial charge in [-0.15, -0.1) is 0 Å². The van der Waals surface area contributed by atoms with Crippen molar-refractivity contribution in [2.75, 3.05) is 18.6 Å². The van der Waals surface area contributed by atoms with Crippen LogP contribution in [0.3, 0.4) is 0 Å². The number of hydrogen-bond acceptors (Lipinski definition) is 3. The molecule has 0 aliphatic carbocycles. The highest BCUT2D eigenvalue weighted by atomic mass is 16.2. The Balaban J connectivity index is 2.86. The lowest BCUT2D eigenvalue weighted by atomic mass is 10.3. The lowest BCUT2D eigenvalue weighted by molar-refractivity contribution is -0.129. The third kappa shape index (κ3) is 3.49. The van der Waals surface area contributed by atoms with Gasteiger partial charge in [0.15, 0.2) is 0 Å². The highest BCUT2D eigenvalue weighted by Gasteiger charge is 2.16. The molecule has 0 spiro atoms. The third-order valence-corrected chi connectivity index (χ3v) is 2.44.